The van der Waals surface area contributed by atoms with Gasteiger partial charge in [0.25, 0.3) is 5.91 Å². The van der Waals surface area contributed by atoms with Gasteiger partial charge in [-0.05, 0) is 28.5 Å². The smallest absolute Gasteiger partial charge is 0.251 e. The van der Waals surface area contributed by atoms with E-state index in [1.165, 1.54) is 0 Å². The van der Waals surface area contributed by atoms with Gasteiger partial charge in [0.1, 0.15) is 0 Å². The van der Waals surface area contributed by atoms with Crippen molar-refractivity contribution in [2.24, 2.45) is 5.41 Å². The summed E-state index contributed by atoms with van der Waals surface area (Å²) >= 11 is 3.35. The topological polar surface area (TPSA) is 29.1 Å². The predicted octanol–water partition coefficient (Wildman–Crippen LogP) is 3.74. The van der Waals surface area contributed by atoms with E-state index in [1.807, 2.05) is 30.3 Å². The second-order valence-electron chi connectivity index (χ2n) is 4.91. The maximum absolute atomic E-state index is 11.8. The van der Waals surface area contributed by atoms with Crippen LogP contribution in [0.2, 0.25) is 0 Å². The van der Waals surface area contributed by atoms with Gasteiger partial charge in [-0.15, -0.1) is 0 Å². The molecule has 0 radical (unpaired) electrons. The van der Waals surface area contributed by atoms with Gasteiger partial charge in [-0.1, -0.05) is 54.6 Å². The predicted molar refractivity (Wildman–Crippen MR) is 75.2 cm³/mol. The first-order valence-corrected chi connectivity index (χ1v) is 6.36. The lowest BCUT2D eigenvalue weighted by molar-refractivity contribution is 0.0937. The number of carbonyl (C=O) groups is 1. The van der Waals surface area contributed by atoms with Gasteiger partial charge in [0.2, 0.25) is 0 Å². The number of halogens is 1. The number of nitrogens with one attached hydrogen (secondary N) is 1. The average Bonchev–Trinajstić information content (AvgIpc) is 2.25. The first-order valence-electron chi connectivity index (χ1n) is 5.57. The fraction of sp³-hybridized carbons (Fsp3) is 0.357. The van der Waals surface area contributed by atoms with Gasteiger partial charge in [-0.25, -0.2) is 0 Å². The summed E-state index contributed by atoms with van der Waals surface area (Å²) < 4.78 is 0.955. The summed E-state index contributed by atoms with van der Waals surface area (Å²) in [5, 5.41) is 2.94. The molecule has 0 spiro atoms. The summed E-state index contributed by atoms with van der Waals surface area (Å²) in [6.45, 7) is 8.66. The molecule has 0 aliphatic heterocycles. The summed E-state index contributed by atoms with van der Waals surface area (Å²) in [4.78, 5) is 11.8. The molecule has 0 saturated carbocycles. The molecule has 0 aliphatic rings. The molecule has 0 heterocycles. The summed E-state index contributed by atoms with van der Waals surface area (Å²) in [6.07, 6.45) is 0.835. The van der Waals surface area contributed by atoms with Gasteiger partial charge in [0, 0.05) is 12.1 Å². The van der Waals surface area contributed by atoms with E-state index in [9.17, 15) is 4.79 Å². The monoisotopic (exact) mass is 295 g/mol. The maximum atomic E-state index is 11.8. The number of hydrogen-bond donors (Lipinski definition) is 1. The van der Waals surface area contributed by atoms with E-state index >= 15 is 0 Å². The van der Waals surface area contributed by atoms with Crippen LogP contribution in [-0.2, 0) is 0 Å². The Morgan fingerprint density at radius 3 is 2.47 bits per heavy atom. The molecule has 1 aromatic rings. The normalized spacial score (nSPS) is 11.0. The zero-order chi connectivity index (χ0) is 12.9. The summed E-state index contributed by atoms with van der Waals surface area (Å²) in [5.74, 6) is -0.0288. The Hall–Kier alpha value is -1.09. The second-order valence-corrected chi connectivity index (χ2v) is 6.03. The number of amides is 1. The van der Waals surface area contributed by atoms with Crippen LogP contribution >= 0.6 is 15.9 Å². The van der Waals surface area contributed by atoms with Crippen LogP contribution in [0.5, 0.6) is 0 Å². The highest BCUT2D eigenvalue weighted by Gasteiger charge is 2.19. The second kappa shape index (κ2) is 6.01. The minimum absolute atomic E-state index is 0.00498. The Balaban J connectivity index is 2.51. The Morgan fingerprint density at radius 1 is 1.35 bits per heavy atom. The Bertz CT molecular complexity index is 398. The lowest BCUT2D eigenvalue weighted by Gasteiger charge is -2.24. The number of allylic oxidation sites excluding steroid dienone is 1. The van der Waals surface area contributed by atoms with Crippen molar-refractivity contribution in [3.05, 3.63) is 47.0 Å². The van der Waals surface area contributed by atoms with E-state index < -0.39 is 0 Å². The highest BCUT2D eigenvalue weighted by atomic mass is 79.9. The van der Waals surface area contributed by atoms with E-state index in [0.29, 0.717) is 12.1 Å². The highest BCUT2D eigenvalue weighted by Crippen LogP contribution is 2.26. The molecule has 0 bridgehead atoms. The Kier molecular flexibility index (Phi) is 4.94. The Labute approximate surface area is 111 Å². The molecular weight excluding hydrogens is 278 g/mol. The highest BCUT2D eigenvalue weighted by molar-refractivity contribution is 9.11. The van der Waals surface area contributed by atoms with Crippen molar-refractivity contribution in [2.45, 2.75) is 20.3 Å². The van der Waals surface area contributed by atoms with Crippen LogP contribution in [0.1, 0.15) is 30.6 Å². The van der Waals surface area contributed by atoms with Crippen molar-refractivity contribution in [3.8, 4) is 0 Å². The number of hydrogen-bond acceptors (Lipinski definition) is 1. The largest absolute Gasteiger partial charge is 0.351 e. The van der Waals surface area contributed by atoms with Gasteiger partial charge < -0.3 is 5.32 Å². The lowest BCUT2D eigenvalue weighted by atomic mass is 9.89. The van der Waals surface area contributed by atoms with E-state index in [1.54, 1.807) is 0 Å². The van der Waals surface area contributed by atoms with Crippen LogP contribution < -0.4 is 5.32 Å². The van der Waals surface area contributed by atoms with E-state index in [2.05, 4.69) is 41.7 Å². The van der Waals surface area contributed by atoms with Gasteiger partial charge >= 0.3 is 0 Å². The molecule has 1 rings (SSSR count). The van der Waals surface area contributed by atoms with Crippen molar-refractivity contribution in [3.63, 3.8) is 0 Å². The molecule has 17 heavy (non-hydrogen) atoms. The van der Waals surface area contributed by atoms with E-state index in [0.717, 1.165) is 10.9 Å². The first kappa shape index (κ1) is 14.0. The fourth-order valence-electron chi connectivity index (χ4n) is 1.59. The molecule has 0 fully saturated rings. The molecule has 92 valence electrons. The third-order valence-corrected chi connectivity index (χ3v) is 2.71. The average molecular weight is 296 g/mol. The summed E-state index contributed by atoms with van der Waals surface area (Å²) in [7, 11) is 0. The van der Waals surface area contributed by atoms with Gasteiger partial charge in [0.15, 0.2) is 0 Å². The first-order chi connectivity index (χ1) is 7.91. The number of carbonyl (C=O) groups excluding carboxylic acids is 1. The molecule has 1 N–H and O–H groups in total. The third-order valence-electron chi connectivity index (χ3n) is 2.43. The lowest BCUT2D eigenvalue weighted by Crippen LogP contribution is -2.33. The number of benzene rings is 1. The van der Waals surface area contributed by atoms with Gasteiger partial charge in [-0.2, -0.15) is 0 Å². The van der Waals surface area contributed by atoms with Crippen LogP contribution in [0, 0.1) is 5.41 Å². The molecule has 0 unspecified atom stereocenters. The van der Waals surface area contributed by atoms with Crippen LogP contribution in [0.3, 0.4) is 0 Å². The van der Waals surface area contributed by atoms with Crippen molar-refractivity contribution in [2.75, 3.05) is 6.54 Å². The maximum Gasteiger partial charge on any atom is 0.251 e. The molecule has 3 heteroatoms. The zero-order valence-corrected chi connectivity index (χ0v) is 11.9. The molecule has 0 aromatic heterocycles. The van der Waals surface area contributed by atoms with Crippen LogP contribution in [0.4, 0.5) is 0 Å². The minimum atomic E-state index is -0.0288. The Morgan fingerprint density at radius 2 is 1.94 bits per heavy atom. The summed E-state index contributed by atoms with van der Waals surface area (Å²) in [5.41, 5.74) is 0.700. The van der Waals surface area contributed by atoms with Crippen LogP contribution in [0.15, 0.2) is 41.4 Å². The zero-order valence-electron chi connectivity index (χ0n) is 10.3. The van der Waals surface area contributed by atoms with Crippen molar-refractivity contribution >= 4 is 21.8 Å². The molecule has 1 amide bonds. The fourth-order valence-corrected chi connectivity index (χ4v) is 2.35. The molecule has 1 aromatic carbocycles. The molecular formula is C14H18BrNO. The van der Waals surface area contributed by atoms with E-state index in [-0.39, 0.29) is 11.3 Å². The van der Waals surface area contributed by atoms with Crippen molar-refractivity contribution in [1.82, 2.24) is 5.32 Å². The van der Waals surface area contributed by atoms with Gasteiger partial charge in [0.05, 0.1) is 0 Å². The standard InChI is InChI=1S/C14H18BrNO/c1-11(15)9-14(2,3)10-16-13(17)12-7-5-4-6-8-12/h4-8H,1,9-10H2,2-3H3,(H,16,17). The van der Waals surface area contributed by atoms with Crippen molar-refractivity contribution in [1.29, 1.82) is 0 Å². The number of rotatable bonds is 5. The molecule has 0 aliphatic carbocycles. The molecule has 0 atom stereocenters. The SMILES string of the molecule is C=C(Br)CC(C)(C)CNC(=O)c1ccccc1. The van der Waals surface area contributed by atoms with Crippen LogP contribution in [-0.4, -0.2) is 12.5 Å². The van der Waals surface area contributed by atoms with E-state index in [4.69, 9.17) is 0 Å². The molecule has 2 nitrogen and oxygen atoms in total. The molecule has 0 saturated heterocycles. The summed E-state index contributed by atoms with van der Waals surface area (Å²) in [6, 6.07) is 9.24. The third kappa shape index (κ3) is 5.18. The van der Waals surface area contributed by atoms with Crippen LogP contribution in [0.25, 0.3) is 0 Å². The minimum Gasteiger partial charge on any atom is -0.351 e. The quantitative estimate of drug-likeness (QED) is 0.881. The van der Waals surface area contributed by atoms with Crippen molar-refractivity contribution < 1.29 is 4.79 Å². The van der Waals surface area contributed by atoms with Gasteiger partial charge in [-0.3, -0.25) is 4.79 Å².